The predicted octanol–water partition coefficient (Wildman–Crippen LogP) is 3.97. The van der Waals surface area contributed by atoms with Gasteiger partial charge in [-0.1, -0.05) is 24.3 Å². The lowest BCUT2D eigenvalue weighted by Crippen LogP contribution is -2.53. The summed E-state index contributed by atoms with van der Waals surface area (Å²) in [6.45, 7) is 3.13. The fourth-order valence-corrected chi connectivity index (χ4v) is 3.59. The number of hydrogen-bond donors (Lipinski definition) is 3. The van der Waals surface area contributed by atoms with Crippen molar-refractivity contribution in [3.05, 3.63) is 59.9 Å². The minimum absolute atomic E-state index is 0.127. The molecule has 1 saturated heterocycles. The molecule has 8 heteroatoms. The van der Waals surface area contributed by atoms with Crippen LogP contribution in [0.2, 0.25) is 0 Å². The van der Waals surface area contributed by atoms with Gasteiger partial charge in [0, 0.05) is 32.5 Å². The van der Waals surface area contributed by atoms with E-state index in [0.29, 0.717) is 38.2 Å². The largest absolute Gasteiger partial charge is 0.385 e. The molecule has 0 radical (unpaired) electrons. The first-order valence-electron chi connectivity index (χ1n) is 9.86. The molecular weight excluding hydrogens is 387 g/mol. The summed E-state index contributed by atoms with van der Waals surface area (Å²) in [4.78, 5) is 26.8. The number of hydrogen-bond acceptors (Lipinski definition) is 3. The average Bonchev–Trinajstić information content (AvgIpc) is 3.12. The smallest absolute Gasteiger partial charge is 0.322 e. The second kappa shape index (κ2) is 9.58. The lowest BCUT2D eigenvalue weighted by atomic mass is 9.94. The zero-order valence-electron chi connectivity index (χ0n) is 17.2. The summed E-state index contributed by atoms with van der Waals surface area (Å²) in [7, 11) is 1.60. The molecule has 1 aliphatic rings. The highest BCUT2D eigenvalue weighted by atomic mass is 19.1. The highest BCUT2D eigenvalue weighted by Gasteiger charge is 2.41. The molecule has 1 heterocycles. The molecule has 4 amide bonds. The van der Waals surface area contributed by atoms with Gasteiger partial charge in [-0.25, -0.2) is 14.0 Å². The zero-order valence-corrected chi connectivity index (χ0v) is 17.2. The van der Waals surface area contributed by atoms with Gasteiger partial charge in [0.15, 0.2) is 0 Å². The number of nitrogens with one attached hydrogen (secondary N) is 3. The van der Waals surface area contributed by atoms with Crippen LogP contribution in [0.4, 0.5) is 25.4 Å². The number of benzene rings is 2. The van der Waals surface area contributed by atoms with Crippen molar-refractivity contribution in [2.45, 2.75) is 25.3 Å². The molecule has 1 fully saturated rings. The Hall–Kier alpha value is -3.13. The molecule has 1 unspecified atom stereocenters. The van der Waals surface area contributed by atoms with E-state index in [0.717, 1.165) is 5.56 Å². The van der Waals surface area contributed by atoms with Crippen molar-refractivity contribution >= 4 is 23.4 Å². The number of carbonyl (C=O) groups is 2. The maximum atomic E-state index is 13.8. The van der Waals surface area contributed by atoms with E-state index in [1.54, 1.807) is 24.1 Å². The second-order valence-electron chi connectivity index (χ2n) is 7.55. The van der Waals surface area contributed by atoms with Crippen molar-refractivity contribution in [1.82, 2.24) is 10.2 Å². The Labute approximate surface area is 175 Å². The number of nitrogens with zero attached hydrogens (tertiary/aromatic N) is 1. The van der Waals surface area contributed by atoms with Crippen LogP contribution in [-0.4, -0.2) is 49.3 Å². The van der Waals surface area contributed by atoms with Gasteiger partial charge in [-0.05, 0) is 49.6 Å². The standard InChI is InChI=1S/C22H27FN4O3/c1-16-6-5-7-17(14-16)24-20(28)26-22(11-13-30-2)10-12-27(15-22)21(29)25-19-9-4-3-8-18(19)23/h3-9,14H,10-13,15H2,1-2H3,(H,25,29)(H2,24,26,28). The number of urea groups is 2. The van der Waals surface area contributed by atoms with E-state index in [2.05, 4.69) is 16.0 Å². The third kappa shape index (κ3) is 5.48. The Kier molecular flexibility index (Phi) is 6.89. The number of rotatable bonds is 6. The molecular formula is C22H27FN4O3. The first kappa shape index (κ1) is 21.6. The number of anilines is 2. The topological polar surface area (TPSA) is 82.7 Å². The SMILES string of the molecule is COCCC1(NC(=O)Nc2cccc(C)c2)CCN(C(=O)Nc2ccccc2F)C1. The van der Waals surface area contributed by atoms with E-state index in [1.807, 2.05) is 31.2 Å². The van der Waals surface area contributed by atoms with Crippen LogP contribution in [0.3, 0.4) is 0 Å². The van der Waals surface area contributed by atoms with Crippen LogP contribution >= 0.6 is 0 Å². The molecule has 0 saturated carbocycles. The summed E-state index contributed by atoms with van der Waals surface area (Å²) in [5.41, 5.74) is 1.23. The first-order chi connectivity index (χ1) is 14.4. The normalized spacial score (nSPS) is 18.2. The molecule has 2 aromatic carbocycles. The van der Waals surface area contributed by atoms with Crippen LogP contribution < -0.4 is 16.0 Å². The molecule has 0 bridgehead atoms. The van der Waals surface area contributed by atoms with Crippen molar-refractivity contribution in [3.8, 4) is 0 Å². The van der Waals surface area contributed by atoms with E-state index in [9.17, 15) is 14.0 Å². The summed E-state index contributed by atoms with van der Waals surface area (Å²) < 4.78 is 19.1. The lowest BCUT2D eigenvalue weighted by Gasteiger charge is -2.30. The van der Waals surface area contributed by atoms with Crippen LogP contribution in [-0.2, 0) is 4.74 Å². The van der Waals surface area contributed by atoms with Crippen molar-refractivity contribution in [2.24, 2.45) is 0 Å². The summed E-state index contributed by atoms with van der Waals surface area (Å²) in [5.74, 6) is -0.494. The number of ether oxygens (including phenoxy) is 1. The highest BCUT2D eigenvalue weighted by molar-refractivity contribution is 5.91. The minimum atomic E-state index is -0.628. The number of para-hydroxylation sites is 1. The molecule has 1 aliphatic heterocycles. The fourth-order valence-electron chi connectivity index (χ4n) is 3.59. The van der Waals surface area contributed by atoms with E-state index >= 15 is 0 Å². The zero-order chi connectivity index (χ0) is 21.6. The molecule has 0 spiro atoms. The summed E-state index contributed by atoms with van der Waals surface area (Å²) in [6.07, 6.45) is 1.12. The molecule has 1 atom stereocenters. The molecule has 30 heavy (non-hydrogen) atoms. The third-order valence-electron chi connectivity index (χ3n) is 5.20. The second-order valence-corrected chi connectivity index (χ2v) is 7.55. The van der Waals surface area contributed by atoms with Crippen LogP contribution in [0.1, 0.15) is 18.4 Å². The van der Waals surface area contributed by atoms with Crippen molar-refractivity contribution < 1.29 is 18.7 Å². The fraction of sp³-hybridized carbons (Fsp3) is 0.364. The summed E-state index contributed by atoms with van der Waals surface area (Å²) in [6, 6.07) is 12.8. The Morgan fingerprint density at radius 2 is 1.97 bits per heavy atom. The molecule has 3 N–H and O–H groups in total. The molecule has 0 aliphatic carbocycles. The number of halogens is 1. The quantitative estimate of drug-likeness (QED) is 0.669. The van der Waals surface area contributed by atoms with Gasteiger partial charge in [0.1, 0.15) is 5.82 Å². The molecule has 7 nitrogen and oxygen atoms in total. The summed E-state index contributed by atoms with van der Waals surface area (Å²) >= 11 is 0. The van der Waals surface area contributed by atoms with Crippen LogP contribution in [0.25, 0.3) is 0 Å². The number of methoxy groups -OCH3 is 1. The van der Waals surface area contributed by atoms with Crippen LogP contribution in [0, 0.1) is 12.7 Å². The number of likely N-dealkylation sites (tertiary alicyclic amines) is 1. The molecule has 3 rings (SSSR count). The first-order valence-corrected chi connectivity index (χ1v) is 9.86. The van der Waals surface area contributed by atoms with E-state index in [1.165, 1.54) is 12.1 Å². The Bertz CT molecular complexity index is 907. The van der Waals surface area contributed by atoms with Crippen molar-refractivity contribution in [3.63, 3.8) is 0 Å². The van der Waals surface area contributed by atoms with Crippen LogP contribution in [0.5, 0.6) is 0 Å². The monoisotopic (exact) mass is 414 g/mol. The van der Waals surface area contributed by atoms with E-state index < -0.39 is 17.4 Å². The Balaban J connectivity index is 1.65. The van der Waals surface area contributed by atoms with Gasteiger partial charge in [-0.2, -0.15) is 0 Å². The van der Waals surface area contributed by atoms with Gasteiger partial charge in [0.05, 0.1) is 11.2 Å². The minimum Gasteiger partial charge on any atom is -0.385 e. The van der Waals surface area contributed by atoms with E-state index in [4.69, 9.17) is 4.74 Å². The number of carbonyl (C=O) groups excluding carboxylic acids is 2. The maximum absolute atomic E-state index is 13.8. The Morgan fingerprint density at radius 1 is 1.17 bits per heavy atom. The lowest BCUT2D eigenvalue weighted by molar-refractivity contribution is 0.156. The van der Waals surface area contributed by atoms with Gasteiger partial charge in [0.2, 0.25) is 0 Å². The van der Waals surface area contributed by atoms with Crippen molar-refractivity contribution in [1.29, 1.82) is 0 Å². The van der Waals surface area contributed by atoms with Gasteiger partial charge >= 0.3 is 12.1 Å². The predicted molar refractivity (Wildman–Crippen MR) is 114 cm³/mol. The third-order valence-corrected chi connectivity index (χ3v) is 5.20. The average molecular weight is 414 g/mol. The van der Waals surface area contributed by atoms with Gasteiger partial charge in [0.25, 0.3) is 0 Å². The Morgan fingerprint density at radius 3 is 2.70 bits per heavy atom. The molecule has 160 valence electrons. The van der Waals surface area contributed by atoms with Crippen molar-refractivity contribution in [2.75, 3.05) is 37.4 Å². The number of amides is 4. The van der Waals surface area contributed by atoms with E-state index in [-0.39, 0.29) is 11.7 Å². The molecule has 2 aromatic rings. The number of aryl methyl sites for hydroxylation is 1. The van der Waals surface area contributed by atoms with Gasteiger partial charge in [-0.3, -0.25) is 0 Å². The summed E-state index contributed by atoms with van der Waals surface area (Å²) in [5, 5.41) is 8.47. The van der Waals surface area contributed by atoms with Gasteiger partial charge < -0.3 is 25.6 Å². The van der Waals surface area contributed by atoms with Crippen LogP contribution in [0.15, 0.2) is 48.5 Å². The van der Waals surface area contributed by atoms with Gasteiger partial charge in [-0.15, -0.1) is 0 Å². The highest BCUT2D eigenvalue weighted by Crippen LogP contribution is 2.26. The maximum Gasteiger partial charge on any atom is 0.322 e. The molecule has 0 aromatic heterocycles.